The molecule has 2 aliphatic carbocycles. The molecule has 2 unspecified atom stereocenters. The maximum absolute atomic E-state index is 3.77. The minimum absolute atomic E-state index is 0. The molecule has 1 aromatic rings. The Hall–Kier alpha value is -0.530. The van der Waals surface area contributed by atoms with Gasteiger partial charge < -0.3 is 5.32 Å². The third-order valence-electron chi connectivity index (χ3n) is 4.95. The van der Waals surface area contributed by atoms with Gasteiger partial charge in [-0.05, 0) is 30.9 Å². The molecule has 2 saturated carbocycles. The SMILES string of the molecule is Cl.c1ccc(C2CC2NCCC2CCCCCC2)cc1. The average molecular weight is 294 g/mol. The fourth-order valence-corrected chi connectivity index (χ4v) is 3.61. The van der Waals surface area contributed by atoms with Crippen LogP contribution in [0.2, 0.25) is 0 Å². The van der Waals surface area contributed by atoms with Crippen LogP contribution in [0, 0.1) is 5.92 Å². The monoisotopic (exact) mass is 293 g/mol. The summed E-state index contributed by atoms with van der Waals surface area (Å²) in [5.74, 6) is 1.79. The van der Waals surface area contributed by atoms with E-state index in [1.165, 1.54) is 63.5 Å². The molecule has 20 heavy (non-hydrogen) atoms. The summed E-state index contributed by atoms with van der Waals surface area (Å²) in [4.78, 5) is 0. The van der Waals surface area contributed by atoms with E-state index in [9.17, 15) is 0 Å². The first-order valence-electron chi connectivity index (χ1n) is 8.22. The predicted octanol–water partition coefficient (Wildman–Crippen LogP) is 4.91. The van der Waals surface area contributed by atoms with Crippen LogP contribution in [0.15, 0.2) is 30.3 Å². The standard InChI is InChI=1S/C18H27N.ClH/c1-2-5-9-15(8-4-1)12-13-19-18-14-17(18)16-10-6-3-7-11-16;/h3,6-7,10-11,15,17-19H,1-2,4-5,8-9,12-14H2;1H. The first-order chi connectivity index (χ1) is 9.43. The van der Waals surface area contributed by atoms with Gasteiger partial charge in [-0.2, -0.15) is 0 Å². The molecule has 0 bridgehead atoms. The quantitative estimate of drug-likeness (QED) is 0.760. The van der Waals surface area contributed by atoms with Crippen LogP contribution in [0.4, 0.5) is 0 Å². The largest absolute Gasteiger partial charge is 0.313 e. The molecule has 2 heteroatoms. The van der Waals surface area contributed by atoms with Gasteiger partial charge in [0.2, 0.25) is 0 Å². The second kappa shape index (κ2) is 8.05. The molecule has 2 atom stereocenters. The van der Waals surface area contributed by atoms with Crippen molar-refractivity contribution >= 4 is 12.4 Å². The van der Waals surface area contributed by atoms with Crippen molar-refractivity contribution in [2.24, 2.45) is 5.92 Å². The van der Waals surface area contributed by atoms with Gasteiger partial charge in [0.15, 0.2) is 0 Å². The molecule has 112 valence electrons. The fraction of sp³-hybridized carbons (Fsp3) is 0.667. The highest BCUT2D eigenvalue weighted by atomic mass is 35.5. The Bertz CT molecular complexity index is 370. The van der Waals surface area contributed by atoms with Gasteiger partial charge in [0.1, 0.15) is 0 Å². The minimum atomic E-state index is 0. The van der Waals surface area contributed by atoms with Gasteiger partial charge in [0, 0.05) is 12.0 Å². The summed E-state index contributed by atoms with van der Waals surface area (Å²) in [7, 11) is 0. The van der Waals surface area contributed by atoms with Gasteiger partial charge in [0.25, 0.3) is 0 Å². The van der Waals surface area contributed by atoms with Crippen molar-refractivity contribution in [3.05, 3.63) is 35.9 Å². The van der Waals surface area contributed by atoms with E-state index in [4.69, 9.17) is 0 Å². The van der Waals surface area contributed by atoms with E-state index in [1.54, 1.807) is 0 Å². The molecule has 1 N–H and O–H groups in total. The Morgan fingerprint density at radius 2 is 1.65 bits per heavy atom. The lowest BCUT2D eigenvalue weighted by atomic mass is 9.97. The highest BCUT2D eigenvalue weighted by Crippen LogP contribution is 2.40. The number of nitrogens with one attached hydrogen (secondary N) is 1. The molecule has 0 aromatic heterocycles. The molecule has 3 rings (SSSR count). The molecule has 0 heterocycles. The Labute approximate surface area is 130 Å². The molecule has 0 spiro atoms. The van der Waals surface area contributed by atoms with E-state index in [-0.39, 0.29) is 12.4 Å². The topological polar surface area (TPSA) is 12.0 Å². The van der Waals surface area contributed by atoms with Gasteiger partial charge in [-0.25, -0.2) is 0 Å². The number of hydrogen-bond acceptors (Lipinski definition) is 1. The smallest absolute Gasteiger partial charge is 0.0143 e. The van der Waals surface area contributed by atoms with Gasteiger partial charge in [-0.3, -0.25) is 0 Å². The van der Waals surface area contributed by atoms with Crippen molar-refractivity contribution in [2.45, 2.75) is 63.3 Å². The molecular formula is C18H28ClN. The van der Waals surface area contributed by atoms with Crippen molar-refractivity contribution in [3.8, 4) is 0 Å². The molecule has 0 saturated heterocycles. The van der Waals surface area contributed by atoms with E-state index in [0.29, 0.717) is 0 Å². The fourth-order valence-electron chi connectivity index (χ4n) is 3.61. The molecule has 1 aromatic carbocycles. The van der Waals surface area contributed by atoms with Gasteiger partial charge >= 0.3 is 0 Å². The number of rotatable bonds is 5. The summed E-state index contributed by atoms with van der Waals surface area (Å²) in [6, 6.07) is 11.7. The van der Waals surface area contributed by atoms with Crippen LogP contribution in [-0.2, 0) is 0 Å². The highest BCUT2D eigenvalue weighted by Gasteiger charge is 2.37. The van der Waals surface area contributed by atoms with Crippen molar-refractivity contribution in [2.75, 3.05) is 6.54 Å². The molecule has 0 radical (unpaired) electrons. The molecule has 0 aliphatic heterocycles. The number of benzene rings is 1. The first kappa shape index (κ1) is 15.9. The lowest BCUT2D eigenvalue weighted by Crippen LogP contribution is -2.21. The summed E-state index contributed by atoms with van der Waals surface area (Å²) in [5.41, 5.74) is 1.52. The zero-order chi connectivity index (χ0) is 12.9. The van der Waals surface area contributed by atoms with Crippen LogP contribution in [0.1, 0.15) is 62.8 Å². The van der Waals surface area contributed by atoms with Crippen LogP contribution in [0.25, 0.3) is 0 Å². The van der Waals surface area contributed by atoms with Crippen LogP contribution < -0.4 is 5.32 Å². The zero-order valence-corrected chi connectivity index (χ0v) is 13.2. The average Bonchev–Trinajstić information content (AvgIpc) is 3.24. The Morgan fingerprint density at radius 3 is 2.35 bits per heavy atom. The summed E-state index contributed by atoms with van der Waals surface area (Å²) >= 11 is 0. The lowest BCUT2D eigenvalue weighted by Gasteiger charge is -2.14. The lowest BCUT2D eigenvalue weighted by molar-refractivity contribution is 0.413. The van der Waals surface area contributed by atoms with E-state index in [1.807, 2.05) is 0 Å². The van der Waals surface area contributed by atoms with Crippen molar-refractivity contribution in [1.82, 2.24) is 5.32 Å². The van der Waals surface area contributed by atoms with Crippen LogP contribution >= 0.6 is 12.4 Å². The van der Waals surface area contributed by atoms with E-state index in [2.05, 4.69) is 35.6 Å². The summed E-state index contributed by atoms with van der Waals surface area (Å²) in [6.45, 7) is 1.23. The molecule has 2 fully saturated rings. The Balaban J connectivity index is 0.00000147. The zero-order valence-electron chi connectivity index (χ0n) is 12.4. The molecule has 0 amide bonds. The minimum Gasteiger partial charge on any atom is -0.313 e. The number of hydrogen-bond donors (Lipinski definition) is 1. The van der Waals surface area contributed by atoms with E-state index < -0.39 is 0 Å². The first-order valence-corrected chi connectivity index (χ1v) is 8.22. The van der Waals surface area contributed by atoms with E-state index >= 15 is 0 Å². The third-order valence-corrected chi connectivity index (χ3v) is 4.95. The molecule has 1 nitrogen and oxygen atoms in total. The van der Waals surface area contributed by atoms with Crippen LogP contribution in [0.3, 0.4) is 0 Å². The van der Waals surface area contributed by atoms with Crippen LogP contribution in [-0.4, -0.2) is 12.6 Å². The number of halogens is 1. The van der Waals surface area contributed by atoms with Gasteiger partial charge in [0.05, 0.1) is 0 Å². The van der Waals surface area contributed by atoms with E-state index in [0.717, 1.165) is 17.9 Å². The van der Waals surface area contributed by atoms with Gasteiger partial charge in [-0.1, -0.05) is 68.9 Å². The molecular weight excluding hydrogens is 266 g/mol. The summed E-state index contributed by atoms with van der Waals surface area (Å²) < 4.78 is 0. The summed E-state index contributed by atoms with van der Waals surface area (Å²) in [6.07, 6.45) is 11.6. The second-order valence-corrected chi connectivity index (χ2v) is 6.46. The maximum atomic E-state index is 3.77. The molecule has 2 aliphatic rings. The maximum Gasteiger partial charge on any atom is 0.0143 e. The van der Waals surface area contributed by atoms with Crippen molar-refractivity contribution < 1.29 is 0 Å². The second-order valence-electron chi connectivity index (χ2n) is 6.46. The van der Waals surface area contributed by atoms with Crippen molar-refractivity contribution in [1.29, 1.82) is 0 Å². The predicted molar refractivity (Wildman–Crippen MR) is 88.6 cm³/mol. The third kappa shape index (κ3) is 4.49. The Kier molecular flexibility index (Phi) is 6.38. The highest BCUT2D eigenvalue weighted by molar-refractivity contribution is 5.85. The van der Waals surface area contributed by atoms with Crippen LogP contribution in [0.5, 0.6) is 0 Å². The Morgan fingerprint density at radius 1 is 0.950 bits per heavy atom. The van der Waals surface area contributed by atoms with Crippen molar-refractivity contribution in [3.63, 3.8) is 0 Å². The normalized spacial score (nSPS) is 26.6. The summed E-state index contributed by atoms with van der Waals surface area (Å²) in [5, 5.41) is 3.77. The van der Waals surface area contributed by atoms with Gasteiger partial charge in [-0.15, -0.1) is 12.4 Å².